The normalized spacial score (nSPS) is 16.6. The molecule has 5 heteroatoms. The number of benzene rings is 2. The summed E-state index contributed by atoms with van der Waals surface area (Å²) in [5.74, 6) is 3.35. The summed E-state index contributed by atoms with van der Waals surface area (Å²) in [6, 6.07) is 13.8. The van der Waals surface area contributed by atoms with Crippen molar-refractivity contribution in [1.29, 1.82) is 0 Å². The minimum Gasteiger partial charge on any atom is -0.497 e. The number of rotatable bonds is 1. The van der Waals surface area contributed by atoms with Crippen LogP contribution >= 0.6 is 0 Å². The number of nitrogens with zero attached hydrogens (tertiary/aromatic N) is 2. The Bertz CT molecular complexity index is 752. The molecule has 118 valence electrons. The van der Waals surface area contributed by atoms with Crippen LogP contribution in [0.4, 0.5) is 5.69 Å². The second-order valence-electron chi connectivity index (χ2n) is 5.60. The van der Waals surface area contributed by atoms with Gasteiger partial charge < -0.3 is 19.7 Å². The maximum atomic E-state index is 6.11. The van der Waals surface area contributed by atoms with E-state index in [1.165, 1.54) is 0 Å². The molecule has 2 aromatic carbocycles. The first-order chi connectivity index (χ1) is 11.3. The van der Waals surface area contributed by atoms with Gasteiger partial charge in [-0.2, -0.15) is 0 Å². The molecule has 0 aliphatic carbocycles. The topological polar surface area (TPSA) is 46.1 Å². The fraction of sp³-hybridized carbons (Fsp3) is 0.278. The van der Waals surface area contributed by atoms with Crippen molar-refractivity contribution in [2.75, 3.05) is 33.3 Å². The molecule has 1 N–H and O–H groups in total. The predicted molar refractivity (Wildman–Crippen MR) is 90.1 cm³/mol. The van der Waals surface area contributed by atoms with Gasteiger partial charge in [0.1, 0.15) is 23.0 Å². The Kier molecular flexibility index (Phi) is 3.63. The fourth-order valence-corrected chi connectivity index (χ4v) is 2.95. The minimum absolute atomic E-state index is 0.782. The van der Waals surface area contributed by atoms with Crippen molar-refractivity contribution in [3.63, 3.8) is 0 Å². The van der Waals surface area contributed by atoms with E-state index < -0.39 is 0 Å². The largest absolute Gasteiger partial charge is 0.497 e. The van der Waals surface area contributed by atoms with E-state index in [2.05, 4.69) is 10.2 Å². The summed E-state index contributed by atoms with van der Waals surface area (Å²) < 4.78 is 11.5. The third kappa shape index (κ3) is 2.64. The minimum atomic E-state index is 0.782. The summed E-state index contributed by atoms with van der Waals surface area (Å²) in [5, 5.41) is 3.38. The molecule has 0 saturated carbocycles. The standard InChI is InChI=1S/C18H19N3O2/c1-22-13-6-7-16-14(12-13)18(21-10-8-19-9-11-21)20-15-4-2-3-5-17(15)23-16/h2-7,12,19H,8-11H2,1H3. The van der Waals surface area contributed by atoms with Crippen LogP contribution in [0.5, 0.6) is 17.2 Å². The van der Waals surface area contributed by atoms with Crippen molar-refractivity contribution < 1.29 is 9.47 Å². The molecule has 0 atom stereocenters. The fourth-order valence-electron chi connectivity index (χ4n) is 2.95. The lowest BCUT2D eigenvalue weighted by Crippen LogP contribution is -2.46. The van der Waals surface area contributed by atoms with Crippen LogP contribution in [0.25, 0.3) is 0 Å². The highest BCUT2D eigenvalue weighted by molar-refractivity contribution is 6.04. The van der Waals surface area contributed by atoms with Crippen molar-refractivity contribution in [3.8, 4) is 17.2 Å². The molecule has 2 aromatic rings. The maximum absolute atomic E-state index is 6.11. The Hall–Kier alpha value is -2.53. The van der Waals surface area contributed by atoms with Gasteiger partial charge in [0.15, 0.2) is 5.75 Å². The molecule has 23 heavy (non-hydrogen) atoms. The van der Waals surface area contributed by atoms with Crippen LogP contribution in [-0.4, -0.2) is 44.0 Å². The smallest absolute Gasteiger partial charge is 0.153 e. The van der Waals surface area contributed by atoms with Gasteiger partial charge in [-0.25, -0.2) is 4.99 Å². The van der Waals surface area contributed by atoms with Crippen molar-refractivity contribution >= 4 is 11.5 Å². The number of aliphatic imine (C=N–C) groups is 1. The lowest BCUT2D eigenvalue weighted by atomic mass is 10.1. The summed E-state index contributed by atoms with van der Waals surface area (Å²) in [4.78, 5) is 7.22. The van der Waals surface area contributed by atoms with Crippen molar-refractivity contribution in [1.82, 2.24) is 10.2 Å². The first-order valence-corrected chi connectivity index (χ1v) is 7.85. The van der Waals surface area contributed by atoms with E-state index in [0.717, 1.165) is 60.5 Å². The van der Waals surface area contributed by atoms with E-state index in [1.807, 2.05) is 42.5 Å². The molecule has 0 unspecified atom stereocenters. The zero-order valence-corrected chi connectivity index (χ0v) is 13.1. The lowest BCUT2D eigenvalue weighted by molar-refractivity contribution is 0.357. The second kappa shape index (κ2) is 5.93. The van der Waals surface area contributed by atoms with Crippen molar-refractivity contribution in [2.24, 2.45) is 4.99 Å². The van der Waals surface area contributed by atoms with Crippen LogP contribution in [0.2, 0.25) is 0 Å². The van der Waals surface area contributed by atoms with Gasteiger partial charge in [-0.05, 0) is 30.3 Å². The van der Waals surface area contributed by atoms with Gasteiger partial charge in [0.25, 0.3) is 0 Å². The summed E-state index contributed by atoms with van der Waals surface area (Å²) in [7, 11) is 1.68. The molecule has 1 saturated heterocycles. The lowest BCUT2D eigenvalue weighted by Gasteiger charge is -2.30. The van der Waals surface area contributed by atoms with E-state index in [4.69, 9.17) is 14.5 Å². The van der Waals surface area contributed by atoms with Crippen LogP contribution in [0, 0.1) is 0 Å². The molecule has 0 bridgehead atoms. The van der Waals surface area contributed by atoms with Crippen LogP contribution < -0.4 is 14.8 Å². The van der Waals surface area contributed by atoms with Crippen LogP contribution in [-0.2, 0) is 0 Å². The summed E-state index contributed by atoms with van der Waals surface area (Å²) in [6.07, 6.45) is 0. The quantitative estimate of drug-likeness (QED) is 0.880. The molecule has 4 rings (SSSR count). The van der Waals surface area contributed by atoms with E-state index >= 15 is 0 Å². The molecule has 0 spiro atoms. The van der Waals surface area contributed by atoms with Gasteiger partial charge in [-0.1, -0.05) is 12.1 Å². The van der Waals surface area contributed by atoms with Crippen molar-refractivity contribution in [3.05, 3.63) is 48.0 Å². The van der Waals surface area contributed by atoms with Crippen LogP contribution in [0.1, 0.15) is 5.56 Å². The van der Waals surface area contributed by atoms with Gasteiger partial charge in [-0.15, -0.1) is 0 Å². The zero-order valence-electron chi connectivity index (χ0n) is 13.1. The van der Waals surface area contributed by atoms with E-state index in [-0.39, 0.29) is 0 Å². The average molecular weight is 309 g/mol. The molecular formula is C18H19N3O2. The number of nitrogens with one attached hydrogen (secondary N) is 1. The Morgan fingerprint density at radius 2 is 1.91 bits per heavy atom. The van der Waals surface area contributed by atoms with Gasteiger partial charge in [0.05, 0.1) is 12.7 Å². The molecule has 0 amide bonds. The molecule has 0 radical (unpaired) electrons. The first kappa shape index (κ1) is 14.1. The maximum Gasteiger partial charge on any atom is 0.153 e. The zero-order chi connectivity index (χ0) is 15.6. The molecule has 2 aliphatic rings. The van der Waals surface area contributed by atoms with Gasteiger partial charge in [-0.3, -0.25) is 0 Å². The van der Waals surface area contributed by atoms with Gasteiger partial charge in [0.2, 0.25) is 0 Å². The number of hydrogen-bond acceptors (Lipinski definition) is 5. The first-order valence-electron chi connectivity index (χ1n) is 7.85. The number of methoxy groups -OCH3 is 1. The third-order valence-electron chi connectivity index (χ3n) is 4.16. The average Bonchev–Trinajstić information content (AvgIpc) is 2.78. The number of para-hydroxylation sites is 2. The molecule has 0 aromatic heterocycles. The number of hydrogen-bond donors (Lipinski definition) is 1. The monoisotopic (exact) mass is 309 g/mol. The number of piperazine rings is 1. The van der Waals surface area contributed by atoms with Crippen LogP contribution in [0.15, 0.2) is 47.5 Å². The number of amidine groups is 1. The molecule has 5 nitrogen and oxygen atoms in total. The molecule has 1 fully saturated rings. The van der Waals surface area contributed by atoms with E-state index in [1.54, 1.807) is 7.11 Å². The highest BCUT2D eigenvalue weighted by atomic mass is 16.5. The van der Waals surface area contributed by atoms with E-state index in [0.29, 0.717) is 0 Å². The molecule has 2 heterocycles. The second-order valence-corrected chi connectivity index (χ2v) is 5.60. The van der Waals surface area contributed by atoms with Crippen molar-refractivity contribution in [2.45, 2.75) is 0 Å². The Balaban J connectivity index is 1.87. The summed E-state index contributed by atoms with van der Waals surface area (Å²) in [6.45, 7) is 3.77. The number of fused-ring (bicyclic) bond motifs is 2. The van der Waals surface area contributed by atoms with E-state index in [9.17, 15) is 0 Å². The molecular weight excluding hydrogens is 290 g/mol. The Morgan fingerprint density at radius 3 is 2.74 bits per heavy atom. The highest BCUT2D eigenvalue weighted by Gasteiger charge is 2.24. The van der Waals surface area contributed by atoms with Crippen LogP contribution in [0.3, 0.4) is 0 Å². The highest BCUT2D eigenvalue weighted by Crippen LogP contribution is 2.39. The predicted octanol–water partition coefficient (Wildman–Crippen LogP) is 2.78. The molecule has 2 aliphatic heterocycles. The third-order valence-corrected chi connectivity index (χ3v) is 4.16. The van der Waals surface area contributed by atoms with Gasteiger partial charge in [0, 0.05) is 26.2 Å². The summed E-state index contributed by atoms with van der Waals surface area (Å²) >= 11 is 0. The van der Waals surface area contributed by atoms with Gasteiger partial charge >= 0.3 is 0 Å². The Morgan fingerprint density at radius 1 is 1.09 bits per heavy atom. The summed E-state index contributed by atoms with van der Waals surface area (Å²) in [5.41, 5.74) is 1.83. The Labute approximate surface area is 135 Å². The number of ether oxygens (including phenoxy) is 2. The SMILES string of the molecule is COc1ccc2c(c1)C(N1CCNCC1)=Nc1ccccc1O2.